The normalized spacial score (nSPS) is 36.6. The van der Waals surface area contributed by atoms with E-state index < -0.39 is 91.4 Å². The molecule has 0 spiro atoms. The summed E-state index contributed by atoms with van der Waals surface area (Å²) in [5, 5.41) is 91.3. The van der Waals surface area contributed by atoms with Crippen LogP contribution in [-0.4, -0.2) is 120 Å². The van der Waals surface area contributed by atoms with Crippen molar-refractivity contribution < 1.29 is 74.4 Å². The molecule has 42 heavy (non-hydrogen) atoms. The van der Waals surface area contributed by atoms with Crippen LogP contribution in [-0.2, 0) is 14.2 Å². The number of benzene rings is 2. The number of phenolic OH excluding ortho intramolecular Hbond substituents is 3. The van der Waals surface area contributed by atoms with Gasteiger partial charge in [0.2, 0.25) is 6.29 Å². The summed E-state index contributed by atoms with van der Waals surface area (Å²) in [6.07, 6.45) is -16.1. The molecule has 3 aliphatic rings. The van der Waals surface area contributed by atoms with Crippen molar-refractivity contribution in [3.05, 3.63) is 41.5 Å². The molecule has 3 aliphatic heterocycles. The van der Waals surface area contributed by atoms with Crippen LogP contribution in [0.4, 0.5) is 0 Å². The molecule has 5 rings (SSSR count). The van der Waals surface area contributed by atoms with E-state index in [4.69, 9.17) is 23.7 Å². The molecule has 15 nitrogen and oxygen atoms in total. The van der Waals surface area contributed by atoms with E-state index in [0.717, 1.165) is 6.07 Å². The van der Waals surface area contributed by atoms with Gasteiger partial charge < -0.3 is 69.6 Å². The van der Waals surface area contributed by atoms with Gasteiger partial charge in [-0.3, -0.25) is 4.79 Å². The Hall–Kier alpha value is -3.25. The van der Waals surface area contributed by atoms with Crippen molar-refractivity contribution in [2.24, 2.45) is 0 Å². The Kier molecular flexibility index (Phi) is 8.48. The smallest absolute Gasteiger partial charge is 0.229 e. The predicted octanol–water partition coefficient (Wildman–Crippen LogP) is -1.46. The van der Waals surface area contributed by atoms with E-state index in [1.54, 1.807) is 0 Å². The Balaban J connectivity index is 1.30. The van der Waals surface area contributed by atoms with Gasteiger partial charge in [-0.25, -0.2) is 0 Å². The average Bonchev–Trinajstić information content (AvgIpc) is 2.95. The van der Waals surface area contributed by atoms with Crippen molar-refractivity contribution in [2.45, 2.75) is 80.9 Å². The van der Waals surface area contributed by atoms with Crippen LogP contribution in [0, 0.1) is 0 Å². The summed E-state index contributed by atoms with van der Waals surface area (Å²) in [4.78, 5) is 12.8. The highest BCUT2D eigenvalue weighted by atomic mass is 16.7. The van der Waals surface area contributed by atoms with Gasteiger partial charge in [-0.15, -0.1) is 0 Å². The number of aliphatic hydroxyl groups excluding tert-OH is 6. The van der Waals surface area contributed by atoms with Crippen LogP contribution >= 0.6 is 0 Å². The maximum absolute atomic E-state index is 12.8. The molecule has 2 saturated heterocycles. The van der Waals surface area contributed by atoms with Gasteiger partial charge in [0.05, 0.1) is 19.1 Å². The van der Waals surface area contributed by atoms with Gasteiger partial charge in [0, 0.05) is 12.1 Å². The fourth-order valence-electron chi connectivity index (χ4n) is 5.04. The molecule has 0 unspecified atom stereocenters. The van der Waals surface area contributed by atoms with E-state index in [2.05, 4.69) is 0 Å². The van der Waals surface area contributed by atoms with Crippen LogP contribution in [0.3, 0.4) is 0 Å². The third-order valence-corrected chi connectivity index (χ3v) is 7.50. The monoisotopic (exact) mass is 596 g/mol. The molecule has 3 heterocycles. The van der Waals surface area contributed by atoms with Gasteiger partial charge in [0.1, 0.15) is 71.6 Å². The number of hydrogen-bond donors (Lipinski definition) is 9. The van der Waals surface area contributed by atoms with Crippen molar-refractivity contribution in [1.29, 1.82) is 0 Å². The first-order valence-electron chi connectivity index (χ1n) is 13.1. The Morgan fingerprint density at radius 1 is 0.786 bits per heavy atom. The first-order chi connectivity index (χ1) is 19.8. The molecule has 0 saturated carbocycles. The average molecular weight is 597 g/mol. The molecule has 9 N–H and O–H groups in total. The van der Waals surface area contributed by atoms with E-state index in [0.29, 0.717) is 5.56 Å². The molecule has 15 heteroatoms. The van der Waals surface area contributed by atoms with E-state index in [1.165, 1.54) is 31.2 Å². The fraction of sp³-hybridized carbons (Fsp3) is 0.519. The number of aliphatic hydroxyl groups is 6. The number of fused-ring (bicyclic) bond motifs is 1. The quantitative estimate of drug-likeness (QED) is 0.173. The predicted molar refractivity (Wildman–Crippen MR) is 136 cm³/mol. The first kappa shape index (κ1) is 30.2. The largest absolute Gasteiger partial charge is 0.507 e. The van der Waals surface area contributed by atoms with Crippen LogP contribution in [0.5, 0.6) is 28.7 Å². The third kappa shape index (κ3) is 5.70. The lowest BCUT2D eigenvalue weighted by molar-refractivity contribution is -0.318. The van der Waals surface area contributed by atoms with Gasteiger partial charge >= 0.3 is 0 Å². The summed E-state index contributed by atoms with van der Waals surface area (Å²) < 4.78 is 27.9. The molecule has 0 bridgehead atoms. The summed E-state index contributed by atoms with van der Waals surface area (Å²) in [7, 11) is 0. The summed E-state index contributed by atoms with van der Waals surface area (Å²) in [5.41, 5.74) is 0.255. The number of phenols is 3. The Morgan fingerprint density at radius 3 is 2.19 bits per heavy atom. The van der Waals surface area contributed by atoms with Crippen LogP contribution in [0.2, 0.25) is 0 Å². The Bertz CT molecular complexity index is 1300. The molecule has 2 aromatic rings. The maximum atomic E-state index is 12.8. The SMILES string of the molecule is C[C@H]1O[C@H](OC[C@@H]2O[C@H](Oc3cc(O)c4c(c3)O[C@@H](c3ccc(O)c(O)c3)CC4=O)[C@@H](O)[C@H](O)[C@H]2O)[C@@H](O)[C@@H](O)[C@@H]1O. The van der Waals surface area contributed by atoms with Crippen molar-refractivity contribution >= 4 is 5.78 Å². The van der Waals surface area contributed by atoms with E-state index in [9.17, 15) is 50.8 Å². The minimum absolute atomic E-state index is 0.0807. The highest BCUT2D eigenvalue weighted by Gasteiger charge is 2.47. The fourth-order valence-corrected chi connectivity index (χ4v) is 5.04. The second kappa shape index (κ2) is 11.8. The molecular weight excluding hydrogens is 564 g/mol. The molecule has 0 amide bonds. The molecule has 230 valence electrons. The van der Waals surface area contributed by atoms with Crippen molar-refractivity contribution in [3.8, 4) is 28.7 Å². The molecule has 2 fully saturated rings. The summed E-state index contributed by atoms with van der Waals surface area (Å²) >= 11 is 0. The summed E-state index contributed by atoms with van der Waals surface area (Å²) in [5.74, 6) is -1.96. The van der Waals surface area contributed by atoms with Crippen molar-refractivity contribution in [1.82, 2.24) is 0 Å². The summed E-state index contributed by atoms with van der Waals surface area (Å²) in [6, 6.07) is 6.26. The molecule has 0 aliphatic carbocycles. The topological polar surface area (TPSA) is 245 Å². The van der Waals surface area contributed by atoms with Gasteiger partial charge in [0.25, 0.3) is 0 Å². The number of rotatable bonds is 6. The lowest BCUT2D eigenvalue weighted by Crippen LogP contribution is -2.61. The van der Waals surface area contributed by atoms with E-state index in [-0.39, 0.29) is 29.2 Å². The van der Waals surface area contributed by atoms with E-state index in [1.807, 2.05) is 0 Å². The van der Waals surface area contributed by atoms with Gasteiger partial charge in [0.15, 0.2) is 23.6 Å². The van der Waals surface area contributed by atoms with Crippen LogP contribution in [0.1, 0.15) is 35.4 Å². The number of ether oxygens (including phenoxy) is 5. The number of ketones is 1. The number of aromatic hydroxyl groups is 3. The standard InChI is InChI=1S/C27H32O15/c1-9-20(32)22(34)24(36)26(39-9)38-8-18-21(33)23(35)25(37)27(42-18)40-11-5-14(30)19-15(31)7-16(41-17(19)6-11)10-2-3-12(28)13(29)4-10/h2-6,9,16,18,20-30,32-37H,7-8H2,1H3/t9-,16-,18+,20-,21+,22+,23-,24+,25+,26+,27+/m1/s1. The number of carbonyl (C=O) groups excluding carboxylic acids is 1. The molecule has 0 aromatic heterocycles. The second-order valence-electron chi connectivity index (χ2n) is 10.4. The lowest BCUT2D eigenvalue weighted by atomic mass is 9.95. The Morgan fingerprint density at radius 2 is 1.48 bits per heavy atom. The minimum atomic E-state index is -1.78. The lowest BCUT2D eigenvalue weighted by Gasteiger charge is -2.42. The van der Waals surface area contributed by atoms with Crippen molar-refractivity contribution in [2.75, 3.05) is 6.61 Å². The third-order valence-electron chi connectivity index (χ3n) is 7.50. The molecule has 0 radical (unpaired) electrons. The van der Waals surface area contributed by atoms with E-state index >= 15 is 0 Å². The van der Waals surface area contributed by atoms with Gasteiger partial charge in [-0.05, 0) is 24.6 Å². The highest BCUT2D eigenvalue weighted by molar-refractivity contribution is 6.02. The Labute approximate surface area is 238 Å². The molecular formula is C27H32O15. The van der Waals surface area contributed by atoms with Crippen LogP contribution in [0.15, 0.2) is 30.3 Å². The number of Topliss-reactive ketones (excluding diaryl/α,β-unsaturated/α-hetero) is 1. The number of hydrogen-bond acceptors (Lipinski definition) is 15. The zero-order chi connectivity index (χ0) is 30.5. The molecule has 11 atom stereocenters. The maximum Gasteiger partial charge on any atom is 0.229 e. The summed E-state index contributed by atoms with van der Waals surface area (Å²) in [6.45, 7) is 0.949. The zero-order valence-corrected chi connectivity index (χ0v) is 22.1. The number of carbonyl (C=O) groups is 1. The van der Waals surface area contributed by atoms with Gasteiger partial charge in [-0.2, -0.15) is 0 Å². The highest BCUT2D eigenvalue weighted by Crippen LogP contribution is 2.43. The zero-order valence-electron chi connectivity index (χ0n) is 22.1. The first-order valence-corrected chi connectivity index (χ1v) is 13.1. The minimum Gasteiger partial charge on any atom is -0.507 e. The second-order valence-corrected chi connectivity index (χ2v) is 10.4. The van der Waals surface area contributed by atoms with Crippen LogP contribution < -0.4 is 9.47 Å². The molecule has 2 aromatic carbocycles. The van der Waals surface area contributed by atoms with Gasteiger partial charge in [-0.1, -0.05) is 6.07 Å². The van der Waals surface area contributed by atoms with Crippen LogP contribution in [0.25, 0.3) is 0 Å². The van der Waals surface area contributed by atoms with Crippen molar-refractivity contribution in [3.63, 3.8) is 0 Å².